The molecule has 0 aliphatic heterocycles. The van der Waals surface area contributed by atoms with Crippen LogP contribution in [-0.2, 0) is 22.0 Å². The molecule has 0 atom stereocenters. The molecule has 0 spiro atoms. The molecule has 4 nitrogen and oxygen atoms in total. The highest BCUT2D eigenvalue weighted by atomic mass is 32.2. The first-order chi connectivity index (χ1) is 9.18. The summed E-state index contributed by atoms with van der Waals surface area (Å²) in [5, 5.41) is 3.31. The summed E-state index contributed by atoms with van der Waals surface area (Å²) in [7, 11) is -3.06. The van der Waals surface area contributed by atoms with Crippen molar-refractivity contribution in [2.45, 2.75) is 39.2 Å². The number of benzene rings is 1. The minimum absolute atomic E-state index is 0.184. The average Bonchev–Trinajstić information content (AvgIpc) is 2.32. The Labute approximate surface area is 123 Å². The lowest BCUT2D eigenvalue weighted by Crippen LogP contribution is -2.26. The van der Waals surface area contributed by atoms with E-state index in [-0.39, 0.29) is 5.41 Å². The second kappa shape index (κ2) is 7.20. The topological polar surface area (TPSA) is 58.2 Å². The van der Waals surface area contributed by atoms with Gasteiger partial charge in [-0.3, -0.25) is 0 Å². The van der Waals surface area contributed by atoms with Crippen LogP contribution in [0.3, 0.4) is 0 Å². The summed E-state index contributed by atoms with van der Waals surface area (Å²) in [5.74, 6) is 0. The Morgan fingerprint density at radius 1 is 1.05 bits per heavy atom. The second-order valence-corrected chi connectivity index (χ2v) is 7.98. The van der Waals surface area contributed by atoms with E-state index in [1.165, 1.54) is 17.4 Å². The number of nitrogens with one attached hydrogen (secondary N) is 2. The van der Waals surface area contributed by atoms with E-state index in [0.717, 1.165) is 19.5 Å². The van der Waals surface area contributed by atoms with Gasteiger partial charge in [0.2, 0.25) is 10.0 Å². The Hall–Kier alpha value is -0.910. The third-order valence-electron chi connectivity index (χ3n) is 3.04. The van der Waals surface area contributed by atoms with E-state index in [4.69, 9.17) is 0 Å². The number of hydrogen-bond acceptors (Lipinski definition) is 3. The molecule has 0 heterocycles. The van der Waals surface area contributed by atoms with Crippen LogP contribution in [0.5, 0.6) is 0 Å². The molecule has 0 aromatic heterocycles. The van der Waals surface area contributed by atoms with Gasteiger partial charge in [0.1, 0.15) is 0 Å². The minimum atomic E-state index is -3.06. The predicted molar refractivity (Wildman–Crippen MR) is 84.3 cm³/mol. The zero-order valence-electron chi connectivity index (χ0n) is 12.9. The molecule has 1 aromatic rings. The molecule has 1 aromatic carbocycles. The zero-order chi connectivity index (χ0) is 15.2. The highest BCUT2D eigenvalue weighted by molar-refractivity contribution is 7.88. The molecule has 0 radical (unpaired) electrons. The zero-order valence-corrected chi connectivity index (χ0v) is 13.7. The Bertz CT molecular complexity index is 502. The van der Waals surface area contributed by atoms with Gasteiger partial charge in [-0.25, -0.2) is 13.1 Å². The molecule has 0 saturated carbocycles. The fraction of sp³-hybridized carbons (Fsp3) is 0.600. The predicted octanol–water partition coefficient (Wildman–Crippen LogP) is 2.01. The standard InChI is InChI=1S/C15H26N2O2S/c1-15(2,3)14-8-6-13(7-9-14)12-16-10-5-11-17-20(4,18)19/h6-9,16-17H,5,10-12H2,1-4H3. The van der Waals surface area contributed by atoms with Gasteiger partial charge in [-0.15, -0.1) is 0 Å². The lowest BCUT2D eigenvalue weighted by molar-refractivity contribution is 0.578. The van der Waals surface area contributed by atoms with Crippen molar-refractivity contribution in [2.75, 3.05) is 19.3 Å². The number of hydrogen-bond donors (Lipinski definition) is 2. The van der Waals surface area contributed by atoms with Crippen LogP contribution in [0.15, 0.2) is 24.3 Å². The molecule has 0 aliphatic rings. The van der Waals surface area contributed by atoms with E-state index in [2.05, 4.69) is 55.1 Å². The number of rotatable bonds is 7. The van der Waals surface area contributed by atoms with Gasteiger partial charge in [0, 0.05) is 13.1 Å². The van der Waals surface area contributed by atoms with Crippen molar-refractivity contribution in [3.63, 3.8) is 0 Å². The molecule has 114 valence electrons. The van der Waals surface area contributed by atoms with Crippen LogP contribution >= 0.6 is 0 Å². The fourth-order valence-electron chi connectivity index (χ4n) is 1.83. The molecule has 0 unspecified atom stereocenters. The molecule has 1 rings (SSSR count). The van der Waals surface area contributed by atoms with Gasteiger partial charge in [-0.2, -0.15) is 0 Å². The molecule has 20 heavy (non-hydrogen) atoms. The monoisotopic (exact) mass is 298 g/mol. The van der Waals surface area contributed by atoms with Crippen molar-refractivity contribution < 1.29 is 8.42 Å². The maximum absolute atomic E-state index is 10.9. The van der Waals surface area contributed by atoms with Crippen molar-refractivity contribution in [1.29, 1.82) is 0 Å². The van der Waals surface area contributed by atoms with Crippen LogP contribution in [0.25, 0.3) is 0 Å². The van der Waals surface area contributed by atoms with Crippen LogP contribution < -0.4 is 10.0 Å². The summed E-state index contributed by atoms with van der Waals surface area (Å²) in [6, 6.07) is 8.62. The van der Waals surface area contributed by atoms with Gasteiger partial charge < -0.3 is 5.32 Å². The Kier molecular flexibility index (Phi) is 6.17. The normalized spacial score (nSPS) is 12.6. The lowest BCUT2D eigenvalue weighted by atomic mass is 9.87. The Morgan fingerprint density at radius 3 is 2.15 bits per heavy atom. The molecular weight excluding hydrogens is 272 g/mol. The summed E-state index contributed by atoms with van der Waals surface area (Å²) in [5.41, 5.74) is 2.76. The van der Waals surface area contributed by atoms with Crippen molar-refractivity contribution in [1.82, 2.24) is 10.0 Å². The third kappa shape index (κ3) is 7.03. The smallest absolute Gasteiger partial charge is 0.208 e. The van der Waals surface area contributed by atoms with Gasteiger partial charge in [0.25, 0.3) is 0 Å². The van der Waals surface area contributed by atoms with Gasteiger partial charge in [-0.1, -0.05) is 45.0 Å². The summed E-state index contributed by atoms with van der Waals surface area (Å²) < 4.78 is 24.2. The lowest BCUT2D eigenvalue weighted by Gasteiger charge is -2.19. The maximum atomic E-state index is 10.9. The second-order valence-electron chi connectivity index (χ2n) is 6.14. The van der Waals surface area contributed by atoms with Crippen LogP contribution in [0, 0.1) is 0 Å². The molecule has 0 bridgehead atoms. The van der Waals surface area contributed by atoms with E-state index < -0.39 is 10.0 Å². The van der Waals surface area contributed by atoms with Crippen molar-refractivity contribution in [3.8, 4) is 0 Å². The van der Waals surface area contributed by atoms with Gasteiger partial charge in [0.05, 0.1) is 6.26 Å². The van der Waals surface area contributed by atoms with E-state index in [0.29, 0.717) is 6.54 Å². The largest absolute Gasteiger partial charge is 0.313 e. The quantitative estimate of drug-likeness (QED) is 0.757. The van der Waals surface area contributed by atoms with Gasteiger partial charge in [0.15, 0.2) is 0 Å². The van der Waals surface area contributed by atoms with Gasteiger partial charge in [-0.05, 0) is 29.5 Å². The summed E-state index contributed by atoms with van der Waals surface area (Å²) >= 11 is 0. The van der Waals surface area contributed by atoms with E-state index in [1.807, 2.05) is 0 Å². The highest BCUT2D eigenvalue weighted by Crippen LogP contribution is 2.22. The molecule has 0 saturated heterocycles. The third-order valence-corrected chi connectivity index (χ3v) is 3.77. The summed E-state index contributed by atoms with van der Waals surface area (Å²) in [6.45, 7) is 8.70. The van der Waals surface area contributed by atoms with Crippen LogP contribution in [-0.4, -0.2) is 27.8 Å². The first-order valence-corrected chi connectivity index (χ1v) is 8.82. The van der Waals surface area contributed by atoms with Crippen LogP contribution in [0.4, 0.5) is 0 Å². The average molecular weight is 298 g/mol. The first-order valence-electron chi connectivity index (χ1n) is 6.93. The molecule has 5 heteroatoms. The minimum Gasteiger partial charge on any atom is -0.313 e. The first kappa shape index (κ1) is 17.1. The fourth-order valence-corrected chi connectivity index (χ4v) is 2.34. The Morgan fingerprint density at radius 2 is 1.65 bits per heavy atom. The molecule has 0 aliphatic carbocycles. The van der Waals surface area contributed by atoms with Crippen molar-refractivity contribution in [3.05, 3.63) is 35.4 Å². The SMILES string of the molecule is CC(C)(C)c1ccc(CNCCCNS(C)(=O)=O)cc1. The molecular formula is C15H26N2O2S. The molecule has 2 N–H and O–H groups in total. The van der Waals surface area contributed by atoms with Gasteiger partial charge >= 0.3 is 0 Å². The van der Waals surface area contributed by atoms with Crippen LogP contribution in [0.2, 0.25) is 0 Å². The van der Waals surface area contributed by atoms with Crippen LogP contribution in [0.1, 0.15) is 38.3 Å². The maximum Gasteiger partial charge on any atom is 0.208 e. The highest BCUT2D eigenvalue weighted by Gasteiger charge is 2.12. The molecule has 0 fully saturated rings. The van der Waals surface area contributed by atoms with Crippen molar-refractivity contribution >= 4 is 10.0 Å². The summed E-state index contributed by atoms with van der Waals surface area (Å²) in [6.07, 6.45) is 1.96. The Balaban J connectivity index is 2.26. The molecule has 0 amide bonds. The van der Waals surface area contributed by atoms with E-state index in [1.54, 1.807) is 0 Å². The van der Waals surface area contributed by atoms with E-state index in [9.17, 15) is 8.42 Å². The number of sulfonamides is 1. The van der Waals surface area contributed by atoms with Crippen molar-refractivity contribution in [2.24, 2.45) is 0 Å². The van der Waals surface area contributed by atoms with E-state index >= 15 is 0 Å². The summed E-state index contributed by atoms with van der Waals surface area (Å²) in [4.78, 5) is 0.